The molecule has 0 fully saturated rings. The van der Waals surface area contributed by atoms with Crippen molar-refractivity contribution in [1.29, 1.82) is 0 Å². The third-order valence-electron chi connectivity index (χ3n) is 5.88. The lowest BCUT2D eigenvalue weighted by molar-refractivity contribution is -0.122. The number of alkyl halides is 2. The molecule has 1 N–H and O–H groups in total. The van der Waals surface area contributed by atoms with E-state index in [9.17, 15) is 8.78 Å². The van der Waals surface area contributed by atoms with Gasteiger partial charge in [0.15, 0.2) is 0 Å². The molecule has 1 rings (SSSR count). The lowest BCUT2D eigenvalue weighted by atomic mass is 9.75. The van der Waals surface area contributed by atoms with E-state index in [2.05, 4.69) is 52.6 Å². The van der Waals surface area contributed by atoms with Crippen molar-refractivity contribution in [3.63, 3.8) is 0 Å². The van der Waals surface area contributed by atoms with Crippen LogP contribution in [0, 0.1) is 11.3 Å². The average Bonchev–Trinajstić information content (AvgIpc) is 3.30. The number of rotatable bonds is 13. The molecule has 36 heavy (non-hydrogen) atoms. The maximum absolute atomic E-state index is 12.6. The Morgan fingerprint density at radius 2 is 1.64 bits per heavy atom. The van der Waals surface area contributed by atoms with Gasteiger partial charge in [0.25, 0.3) is 12.9 Å². The van der Waals surface area contributed by atoms with Gasteiger partial charge in [-0.05, 0) is 62.1 Å². The number of hydrogen-bond donors (Lipinski definition) is 1. The van der Waals surface area contributed by atoms with Crippen LogP contribution in [0.5, 0.6) is 0 Å². The summed E-state index contributed by atoms with van der Waals surface area (Å²) in [6.07, 6.45) is 13.3. The molecule has 1 atom stereocenters. The van der Waals surface area contributed by atoms with Crippen molar-refractivity contribution in [2.45, 2.75) is 120 Å². The number of unbranched alkanes of at least 4 members (excludes halogenated alkanes) is 3. The number of hydrogen-bond acceptors (Lipinski definition) is 3. The minimum atomic E-state index is -2.44. The van der Waals surface area contributed by atoms with Gasteiger partial charge in [0.05, 0.1) is 5.71 Å². The van der Waals surface area contributed by atoms with Crippen molar-refractivity contribution in [3.8, 4) is 0 Å². The summed E-state index contributed by atoms with van der Waals surface area (Å²) < 4.78 is 25.2. The number of aliphatic imine (C=N–C) groups is 1. The number of thiophene rings is 1. The predicted molar refractivity (Wildman–Crippen MR) is 155 cm³/mol. The van der Waals surface area contributed by atoms with Crippen LogP contribution in [-0.4, -0.2) is 23.7 Å². The molecule has 1 aromatic heterocycles. The van der Waals surface area contributed by atoms with E-state index in [1.54, 1.807) is 11.3 Å². The summed E-state index contributed by atoms with van der Waals surface area (Å²) in [5.41, 5.74) is 1.40. The van der Waals surface area contributed by atoms with Gasteiger partial charge in [-0.25, -0.2) is 8.78 Å². The number of nitrogens with zero attached hydrogens (tertiary/aromatic N) is 1. The maximum atomic E-state index is 12.6. The Morgan fingerprint density at radius 1 is 1.06 bits per heavy atom. The zero-order chi connectivity index (χ0) is 28.0. The highest BCUT2D eigenvalue weighted by molar-refractivity contribution is 7.14. The lowest BCUT2D eigenvalue weighted by Gasteiger charge is -2.31. The minimum Gasteiger partial charge on any atom is -0.483 e. The van der Waals surface area contributed by atoms with E-state index in [1.165, 1.54) is 68.2 Å². The molecule has 1 aromatic rings. The first-order valence-corrected chi connectivity index (χ1v) is 14.2. The highest BCUT2D eigenvalue weighted by Gasteiger charge is 2.23. The number of allylic oxidation sites excluding steroid dienone is 3. The predicted octanol–water partition coefficient (Wildman–Crippen LogP) is 10.4. The molecule has 0 aliphatic heterocycles. The maximum Gasteiger partial charge on any atom is 0.290 e. The van der Waals surface area contributed by atoms with Crippen LogP contribution in [0.1, 0.15) is 117 Å². The van der Waals surface area contributed by atoms with E-state index in [1.807, 2.05) is 19.9 Å². The fourth-order valence-corrected chi connectivity index (χ4v) is 4.53. The first-order chi connectivity index (χ1) is 17.0. The largest absolute Gasteiger partial charge is 0.483 e. The first-order valence-electron chi connectivity index (χ1n) is 13.4. The normalized spacial score (nSPS) is 13.2. The fraction of sp³-hybridized carbons (Fsp3) is 0.667. The molecule has 0 saturated carbocycles. The van der Waals surface area contributed by atoms with Crippen molar-refractivity contribution < 1.29 is 18.7 Å². The molecule has 208 valence electrons. The molecular weight excluding hydrogens is 476 g/mol. The van der Waals surface area contributed by atoms with Crippen LogP contribution in [0.15, 0.2) is 41.1 Å². The Morgan fingerprint density at radius 3 is 2.08 bits per heavy atom. The Balaban J connectivity index is 0. The molecular formula is C30H51F2NO2S. The Hall–Kier alpha value is -1.82. The third kappa shape index (κ3) is 18.4. The standard InChI is InChI=1S/C15H19F2NS.C14H30.CH2O2/c1-4-6-12(15(16)17)9-10-18-11(3)14-8-7-13(5-2)19-14;1-6-8-10-12-13(11-9-7-2)14(3,4)5;2-1-3/h6-10,15H,4-5H2,1-3H3;13H,6-12H2,1-5H3;1H,(H,2,3)/b10-9-,12-6-,18-11?;;. The van der Waals surface area contributed by atoms with Crippen LogP contribution in [-0.2, 0) is 11.2 Å². The highest BCUT2D eigenvalue weighted by Crippen LogP contribution is 2.34. The number of aryl methyl sites for hydroxylation is 1. The zero-order valence-electron chi connectivity index (χ0n) is 23.9. The van der Waals surface area contributed by atoms with Crippen LogP contribution in [0.2, 0.25) is 0 Å². The van der Waals surface area contributed by atoms with Gasteiger partial charge in [0.1, 0.15) is 0 Å². The van der Waals surface area contributed by atoms with E-state index in [-0.39, 0.29) is 12.0 Å². The topological polar surface area (TPSA) is 49.7 Å². The highest BCUT2D eigenvalue weighted by atomic mass is 32.1. The summed E-state index contributed by atoms with van der Waals surface area (Å²) in [6.45, 7) is 17.4. The monoisotopic (exact) mass is 527 g/mol. The molecule has 1 heterocycles. The van der Waals surface area contributed by atoms with E-state index >= 15 is 0 Å². The summed E-state index contributed by atoms with van der Waals surface area (Å²) in [5.74, 6) is 0.939. The molecule has 0 bridgehead atoms. The van der Waals surface area contributed by atoms with Crippen LogP contribution >= 0.6 is 11.3 Å². The van der Waals surface area contributed by atoms with Crippen molar-refractivity contribution in [3.05, 3.63) is 45.8 Å². The Kier molecular flexibility index (Phi) is 22.6. The molecule has 0 amide bonds. The summed E-state index contributed by atoms with van der Waals surface area (Å²) in [5, 5.41) is 6.89. The molecule has 0 spiro atoms. The van der Waals surface area contributed by atoms with Crippen LogP contribution < -0.4 is 0 Å². The summed E-state index contributed by atoms with van der Waals surface area (Å²) in [7, 11) is 0. The number of halogens is 2. The fourth-order valence-electron chi connectivity index (χ4n) is 3.63. The summed E-state index contributed by atoms with van der Waals surface area (Å²) in [4.78, 5) is 15.0. The van der Waals surface area contributed by atoms with Gasteiger partial charge in [0, 0.05) is 21.5 Å². The molecule has 0 aliphatic carbocycles. The number of carbonyl (C=O) groups is 1. The van der Waals surface area contributed by atoms with Crippen molar-refractivity contribution in [1.82, 2.24) is 0 Å². The molecule has 0 aromatic carbocycles. The van der Waals surface area contributed by atoms with Gasteiger partial charge in [-0.2, -0.15) is 0 Å². The first kappa shape index (κ1) is 36.3. The third-order valence-corrected chi connectivity index (χ3v) is 7.22. The SMILES string of the molecule is CC/C=C(/C=C\N=C(C)c1ccc(CC)s1)C(F)F.CCCCCC(CCCC)C(C)(C)C.O=CO. The van der Waals surface area contributed by atoms with Gasteiger partial charge in [-0.3, -0.25) is 9.79 Å². The van der Waals surface area contributed by atoms with E-state index in [4.69, 9.17) is 9.90 Å². The van der Waals surface area contributed by atoms with E-state index in [0.29, 0.717) is 11.8 Å². The second kappa shape index (κ2) is 22.4. The summed E-state index contributed by atoms with van der Waals surface area (Å²) in [6, 6.07) is 4.09. The van der Waals surface area contributed by atoms with Crippen LogP contribution in [0.4, 0.5) is 8.78 Å². The van der Waals surface area contributed by atoms with Gasteiger partial charge >= 0.3 is 0 Å². The van der Waals surface area contributed by atoms with Crippen LogP contribution in [0.3, 0.4) is 0 Å². The second-order valence-electron chi connectivity index (χ2n) is 9.87. The number of carboxylic acid groups (broad SMARTS) is 1. The Bertz CT molecular complexity index is 761. The van der Waals surface area contributed by atoms with Crippen molar-refractivity contribution in [2.75, 3.05) is 0 Å². The lowest BCUT2D eigenvalue weighted by Crippen LogP contribution is -2.20. The van der Waals surface area contributed by atoms with Crippen molar-refractivity contribution in [2.24, 2.45) is 16.3 Å². The van der Waals surface area contributed by atoms with Gasteiger partial charge < -0.3 is 5.11 Å². The smallest absolute Gasteiger partial charge is 0.290 e. The minimum absolute atomic E-state index is 0.0273. The van der Waals surface area contributed by atoms with Gasteiger partial charge in [-0.1, -0.05) is 86.6 Å². The average molecular weight is 528 g/mol. The zero-order valence-corrected chi connectivity index (χ0v) is 24.8. The van der Waals surface area contributed by atoms with E-state index < -0.39 is 6.43 Å². The molecule has 0 saturated heterocycles. The van der Waals surface area contributed by atoms with Crippen molar-refractivity contribution >= 4 is 23.5 Å². The Labute approximate surface area is 223 Å². The van der Waals surface area contributed by atoms with Gasteiger partial charge in [0.2, 0.25) is 0 Å². The molecule has 3 nitrogen and oxygen atoms in total. The molecule has 0 aliphatic rings. The quantitative estimate of drug-likeness (QED) is 0.120. The van der Waals surface area contributed by atoms with Crippen LogP contribution in [0.25, 0.3) is 0 Å². The second-order valence-corrected chi connectivity index (χ2v) is 11.0. The molecule has 1 unspecified atom stereocenters. The molecule has 0 radical (unpaired) electrons. The molecule has 6 heteroatoms. The van der Waals surface area contributed by atoms with Gasteiger partial charge in [-0.15, -0.1) is 11.3 Å². The van der Waals surface area contributed by atoms with E-state index in [0.717, 1.165) is 22.9 Å². The summed E-state index contributed by atoms with van der Waals surface area (Å²) >= 11 is 1.69.